The number of imidazole rings is 1. The van der Waals surface area contributed by atoms with Crippen molar-refractivity contribution in [3.05, 3.63) is 72.4 Å². The predicted molar refractivity (Wildman–Crippen MR) is 151 cm³/mol. The normalized spacial score (nSPS) is 14.3. The van der Waals surface area contributed by atoms with Gasteiger partial charge in [0.15, 0.2) is 0 Å². The van der Waals surface area contributed by atoms with E-state index in [4.69, 9.17) is 21.3 Å². The number of H-pyrrole nitrogens is 1. The van der Waals surface area contributed by atoms with E-state index < -0.39 is 0 Å². The molecule has 1 N–H and O–H groups in total. The lowest BCUT2D eigenvalue weighted by Gasteiger charge is -2.31. The fourth-order valence-corrected chi connectivity index (χ4v) is 5.30. The summed E-state index contributed by atoms with van der Waals surface area (Å²) in [6.45, 7) is 7.88. The SMILES string of the molecule is C=CC(=O)N1CCC(CCn2cc(-c3cnc4ccc(Oc5ccc6nc(C)[nH]c6c5)c(Cl)c4n3)cn2)CC1. The zero-order valence-corrected chi connectivity index (χ0v) is 22.4. The Labute approximate surface area is 230 Å². The lowest BCUT2D eigenvalue weighted by atomic mass is 9.93. The van der Waals surface area contributed by atoms with E-state index in [2.05, 4.69) is 26.6 Å². The Balaban J connectivity index is 1.15. The number of nitrogens with one attached hydrogen (secondary N) is 1. The van der Waals surface area contributed by atoms with Crippen molar-refractivity contribution in [1.82, 2.24) is 34.6 Å². The Morgan fingerprint density at radius 1 is 1.18 bits per heavy atom. The number of carbonyl (C=O) groups is 1. The number of hydrogen-bond donors (Lipinski definition) is 1. The summed E-state index contributed by atoms with van der Waals surface area (Å²) in [6.07, 6.45) is 9.94. The van der Waals surface area contributed by atoms with Gasteiger partial charge in [0.1, 0.15) is 27.9 Å². The summed E-state index contributed by atoms with van der Waals surface area (Å²) in [5.41, 5.74) is 4.60. The van der Waals surface area contributed by atoms with Crippen molar-refractivity contribution in [2.24, 2.45) is 5.92 Å². The van der Waals surface area contributed by atoms with Gasteiger partial charge in [-0.2, -0.15) is 5.10 Å². The van der Waals surface area contributed by atoms with E-state index in [0.717, 1.165) is 61.3 Å². The first kappa shape index (κ1) is 25.1. The number of benzene rings is 2. The topological polar surface area (TPSA) is 102 Å². The number of rotatable bonds is 7. The molecule has 39 heavy (non-hydrogen) atoms. The number of ether oxygens (including phenoxy) is 1. The maximum atomic E-state index is 11.8. The van der Waals surface area contributed by atoms with Crippen molar-refractivity contribution in [1.29, 1.82) is 0 Å². The van der Waals surface area contributed by atoms with Crippen LogP contribution in [0.15, 0.2) is 61.6 Å². The first-order valence-electron chi connectivity index (χ1n) is 13.0. The van der Waals surface area contributed by atoms with Gasteiger partial charge in [0.05, 0.1) is 34.6 Å². The number of hydrogen-bond acceptors (Lipinski definition) is 6. The van der Waals surface area contributed by atoms with Crippen molar-refractivity contribution in [2.45, 2.75) is 32.7 Å². The number of likely N-dealkylation sites (tertiary alicyclic amines) is 1. The number of amides is 1. The highest BCUT2D eigenvalue weighted by molar-refractivity contribution is 6.36. The smallest absolute Gasteiger partial charge is 0.245 e. The summed E-state index contributed by atoms with van der Waals surface area (Å²) in [4.78, 5) is 30.7. The molecule has 198 valence electrons. The Morgan fingerprint density at radius 2 is 2.00 bits per heavy atom. The van der Waals surface area contributed by atoms with E-state index >= 15 is 0 Å². The van der Waals surface area contributed by atoms with Crippen LogP contribution in [0.1, 0.15) is 25.1 Å². The summed E-state index contributed by atoms with van der Waals surface area (Å²) in [7, 11) is 0. The van der Waals surface area contributed by atoms with Crippen LogP contribution in [0.25, 0.3) is 33.3 Å². The fourth-order valence-electron chi connectivity index (χ4n) is 5.06. The van der Waals surface area contributed by atoms with Crippen LogP contribution >= 0.6 is 11.6 Å². The molecule has 1 fully saturated rings. The van der Waals surface area contributed by atoms with Gasteiger partial charge in [-0.15, -0.1) is 0 Å². The molecule has 0 spiro atoms. The molecule has 1 aliphatic rings. The minimum atomic E-state index is 0.0196. The Hall–Kier alpha value is -4.24. The second-order valence-corrected chi connectivity index (χ2v) is 10.2. The zero-order valence-electron chi connectivity index (χ0n) is 21.6. The fraction of sp³-hybridized carbons (Fsp3) is 0.276. The molecular formula is C29H28ClN7O2. The van der Waals surface area contributed by atoms with E-state index in [1.807, 2.05) is 47.0 Å². The van der Waals surface area contributed by atoms with Gasteiger partial charge in [0, 0.05) is 37.5 Å². The lowest BCUT2D eigenvalue weighted by molar-refractivity contribution is -0.127. The molecule has 3 aromatic heterocycles. The molecule has 4 heterocycles. The molecule has 0 unspecified atom stereocenters. The second-order valence-electron chi connectivity index (χ2n) is 9.86. The van der Waals surface area contributed by atoms with E-state index in [1.54, 1.807) is 18.5 Å². The molecule has 0 radical (unpaired) electrons. The third-order valence-corrected chi connectivity index (χ3v) is 7.58. The van der Waals surface area contributed by atoms with Crippen molar-refractivity contribution in [3.63, 3.8) is 0 Å². The molecule has 1 saturated heterocycles. The van der Waals surface area contributed by atoms with Gasteiger partial charge < -0.3 is 14.6 Å². The highest BCUT2D eigenvalue weighted by atomic mass is 35.5. The summed E-state index contributed by atoms with van der Waals surface area (Å²) in [6, 6.07) is 9.33. The number of fused-ring (bicyclic) bond motifs is 2. The third-order valence-electron chi connectivity index (χ3n) is 7.21. The molecular weight excluding hydrogens is 514 g/mol. The van der Waals surface area contributed by atoms with Crippen LogP contribution < -0.4 is 4.74 Å². The van der Waals surface area contributed by atoms with Gasteiger partial charge in [0.2, 0.25) is 5.91 Å². The Bertz CT molecular complexity index is 1680. The molecule has 1 aliphatic heterocycles. The zero-order chi connectivity index (χ0) is 26.9. The van der Waals surface area contributed by atoms with E-state index in [9.17, 15) is 4.79 Å². The highest BCUT2D eigenvalue weighted by Gasteiger charge is 2.21. The molecule has 5 aromatic rings. The quantitative estimate of drug-likeness (QED) is 0.256. The maximum absolute atomic E-state index is 11.8. The molecule has 1 amide bonds. The van der Waals surface area contributed by atoms with Gasteiger partial charge >= 0.3 is 0 Å². The van der Waals surface area contributed by atoms with Crippen molar-refractivity contribution in [3.8, 4) is 22.8 Å². The number of nitrogens with zero attached hydrogens (tertiary/aromatic N) is 6. The van der Waals surface area contributed by atoms with E-state index in [0.29, 0.717) is 39.2 Å². The molecule has 9 nitrogen and oxygen atoms in total. The molecule has 0 atom stereocenters. The first-order valence-corrected chi connectivity index (χ1v) is 13.4. The van der Waals surface area contributed by atoms with Crippen LogP contribution in [-0.2, 0) is 11.3 Å². The average molecular weight is 542 g/mol. The number of aryl methyl sites for hydroxylation is 2. The maximum Gasteiger partial charge on any atom is 0.245 e. The van der Waals surface area contributed by atoms with Crippen LogP contribution in [0.4, 0.5) is 0 Å². The summed E-state index contributed by atoms with van der Waals surface area (Å²) in [5, 5.41) is 4.94. The Kier molecular flexibility index (Phi) is 6.74. The largest absolute Gasteiger partial charge is 0.456 e. The number of halogens is 1. The summed E-state index contributed by atoms with van der Waals surface area (Å²) >= 11 is 6.75. The van der Waals surface area contributed by atoms with Gasteiger partial charge in [-0.05, 0) is 62.4 Å². The van der Waals surface area contributed by atoms with Crippen LogP contribution in [0.3, 0.4) is 0 Å². The summed E-state index contributed by atoms with van der Waals surface area (Å²) < 4.78 is 8.05. The van der Waals surface area contributed by atoms with Crippen molar-refractivity contribution in [2.75, 3.05) is 13.1 Å². The first-order chi connectivity index (χ1) is 19.0. The second kappa shape index (κ2) is 10.5. The van der Waals surface area contributed by atoms with E-state index in [-0.39, 0.29) is 5.91 Å². The number of carbonyl (C=O) groups excluding carboxylic acids is 1. The van der Waals surface area contributed by atoms with Crippen LogP contribution in [0.2, 0.25) is 5.02 Å². The molecule has 6 rings (SSSR count). The van der Waals surface area contributed by atoms with Gasteiger partial charge in [-0.3, -0.25) is 14.5 Å². The Morgan fingerprint density at radius 3 is 2.82 bits per heavy atom. The highest BCUT2D eigenvalue weighted by Crippen LogP contribution is 2.35. The molecule has 10 heteroatoms. The molecule has 0 aliphatic carbocycles. The minimum Gasteiger partial charge on any atom is -0.456 e. The van der Waals surface area contributed by atoms with Crippen molar-refractivity contribution >= 4 is 39.6 Å². The van der Waals surface area contributed by atoms with Crippen LogP contribution in [0.5, 0.6) is 11.5 Å². The summed E-state index contributed by atoms with van der Waals surface area (Å²) in [5.74, 6) is 2.59. The monoisotopic (exact) mass is 541 g/mol. The molecule has 2 aromatic carbocycles. The predicted octanol–water partition coefficient (Wildman–Crippen LogP) is 5.94. The van der Waals surface area contributed by atoms with Crippen LogP contribution in [-0.4, -0.2) is 53.6 Å². The van der Waals surface area contributed by atoms with E-state index in [1.165, 1.54) is 6.08 Å². The number of piperidine rings is 1. The van der Waals surface area contributed by atoms with Gasteiger partial charge in [-0.1, -0.05) is 18.2 Å². The van der Waals surface area contributed by atoms with Crippen molar-refractivity contribution < 1.29 is 9.53 Å². The standard InChI is InChI=1S/C29H28ClN7O2/c1-3-27(38)36-11-8-19(9-12-36)10-13-37-17-20(15-32-37)25-16-31-23-6-7-26(28(30)29(23)35-25)39-21-4-5-22-24(14-21)34-18(2)33-22/h3-7,14-17,19H,1,8-13H2,2H3,(H,33,34). The minimum absolute atomic E-state index is 0.0196. The molecule has 0 saturated carbocycles. The lowest BCUT2D eigenvalue weighted by Crippen LogP contribution is -2.37. The number of aromatic amines is 1. The van der Waals surface area contributed by atoms with Crippen LogP contribution in [0, 0.1) is 12.8 Å². The molecule has 0 bridgehead atoms. The van der Waals surface area contributed by atoms with Gasteiger partial charge in [-0.25, -0.2) is 9.97 Å². The van der Waals surface area contributed by atoms with Gasteiger partial charge in [0.25, 0.3) is 0 Å². The average Bonchev–Trinajstić information content (AvgIpc) is 3.59. The third kappa shape index (κ3) is 5.22. The number of aromatic nitrogens is 6.